The molecule has 1 aliphatic rings. The molecule has 0 atom stereocenters. The Morgan fingerprint density at radius 2 is 1.77 bits per heavy atom. The number of benzene rings is 2. The van der Waals surface area contributed by atoms with Gasteiger partial charge in [-0.3, -0.25) is 4.98 Å². The molecular weight excluding hydrogens is 497 g/mol. The third-order valence-electron chi connectivity index (χ3n) is 6.85. The molecule has 198 valence electrons. The molecule has 39 heavy (non-hydrogen) atoms. The van der Waals surface area contributed by atoms with Crippen LogP contribution in [-0.4, -0.2) is 32.7 Å². The van der Waals surface area contributed by atoms with Crippen molar-refractivity contribution in [2.24, 2.45) is 0 Å². The molecule has 0 radical (unpaired) electrons. The Labute approximate surface area is 225 Å². The van der Waals surface area contributed by atoms with Gasteiger partial charge in [-0.25, -0.2) is 14.4 Å². The summed E-state index contributed by atoms with van der Waals surface area (Å²) in [6.45, 7) is 3.65. The Hall–Kier alpha value is -4.50. The van der Waals surface area contributed by atoms with Gasteiger partial charge in [-0.1, -0.05) is 18.2 Å². The monoisotopic (exact) mass is 525 g/mol. The predicted molar refractivity (Wildman–Crippen MR) is 146 cm³/mol. The molecule has 2 aromatic carbocycles. The van der Waals surface area contributed by atoms with Crippen molar-refractivity contribution in [2.75, 3.05) is 18.9 Å². The van der Waals surface area contributed by atoms with E-state index < -0.39 is 5.82 Å². The van der Waals surface area contributed by atoms with Crippen molar-refractivity contribution in [3.63, 3.8) is 0 Å². The number of nitrogens with zero attached hydrogens (tertiary/aromatic N) is 4. The Kier molecular flexibility index (Phi) is 6.81. The normalized spacial score (nSPS) is 14.0. The fourth-order valence-electron chi connectivity index (χ4n) is 4.84. The maximum absolute atomic E-state index is 14.3. The molecule has 3 aromatic heterocycles. The molecule has 0 aliphatic carbocycles. The number of fused-ring (bicyclic) bond motifs is 1. The van der Waals surface area contributed by atoms with E-state index in [-0.39, 0.29) is 6.61 Å². The van der Waals surface area contributed by atoms with Crippen molar-refractivity contribution in [1.29, 1.82) is 0 Å². The lowest BCUT2D eigenvalue weighted by atomic mass is 10.1. The third-order valence-corrected chi connectivity index (χ3v) is 6.85. The summed E-state index contributed by atoms with van der Waals surface area (Å²) in [7, 11) is 0. The minimum atomic E-state index is -0.447. The van der Waals surface area contributed by atoms with E-state index in [1.165, 1.54) is 18.5 Å². The van der Waals surface area contributed by atoms with Crippen molar-refractivity contribution in [1.82, 2.24) is 19.5 Å². The average Bonchev–Trinajstić information content (AvgIpc) is 3.34. The third kappa shape index (κ3) is 5.39. The summed E-state index contributed by atoms with van der Waals surface area (Å²) in [6.07, 6.45) is 7.18. The van der Waals surface area contributed by atoms with Gasteiger partial charge in [0.1, 0.15) is 47.5 Å². The van der Waals surface area contributed by atoms with Crippen LogP contribution in [0.1, 0.15) is 30.1 Å². The quantitative estimate of drug-likeness (QED) is 0.268. The van der Waals surface area contributed by atoms with E-state index in [0.29, 0.717) is 29.1 Å². The van der Waals surface area contributed by atoms with Crippen LogP contribution in [0.2, 0.25) is 0 Å². The molecular formula is C30H28FN5O3. The smallest absolute Gasteiger partial charge is 0.146 e. The van der Waals surface area contributed by atoms with Gasteiger partial charge >= 0.3 is 0 Å². The van der Waals surface area contributed by atoms with Crippen molar-refractivity contribution < 1.29 is 18.6 Å². The number of ether oxygens (including phenoxy) is 3. The maximum Gasteiger partial charge on any atom is 0.146 e. The van der Waals surface area contributed by atoms with Crippen LogP contribution in [-0.2, 0) is 11.3 Å². The van der Waals surface area contributed by atoms with Crippen LogP contribution < -0.4 is 15.2 Å². The summed E-state index contributed by atoms with van der Waals surface area (Å²) in [6, 6.07) is 16.0. The minimum Gasteiger partial charge on any atom is -0.489 e. The maximum atomic E-state index is 14.3. The van der Waals surface area contributed by atoms with E-state index in [2.05, 4.69) is 25.7 Å². The molecule has 2 N–H and O–H groups in total. The Morgan fingerprint density at radius 1 is 0.974 bits per heavy atom. The number of nitrogen functional groups attached to an aromatic ring is 1. The van der Waals surface area contributed by atoms with Gasteiger partial charge in [-0.2, -0.15) is 0 Å². The van der Waals surface area contributed by atoms with Gasteiger partial charge in [-0.15, -0.1) is 0 Å². The Bertz CT molecular complexity index is 1600. The van der Waals surface area contributed by atoms with Crippen molar-refractivity contribution in [2.45, 2.75) is 32.4 Å². The van der Waals surface area contributed by atoms with Crippen LogP contribution in [0.15, 0.2) is 73.3 Å². The van der Waals surface area contributed by atoms with E-state index in [0.717, 1.165) is 59.5 Å². The molecule has 6 rings (SSSR count). The van der Waals surface area contributed by atoms with Crippen molar-refractivity contribution >= 4 is 16.9 Å². The first-order valence-electron chi connectivity index (χ1n) is 12.9. The number of anilines is 1. The standard InChI is InChI=1S/C30H28FN5O3/c1-19-2-3-20(15-33-19)17-38-25-12-22(31)13-26(14-25)39-24-6-4-21(5-7-24)27-16-36(23-8-10-37-11-9-23)30-28(27)29(32)34-18-35-30/h2-7,12-16,18,23H,8-11,17H2,1H3,(H2,32,34,35). The number of rotatable bonds is 7. The fourth-order valence-corrected chi connectivity index (χ4v) is 4.84. The molecule has 0 unspecified atom stereocenters. The molecule has 0 saturated carbocycles. The molecule has 5 aromatic rings. The van der Waals surface area contributed by atoms with Crippen LogP contribution in [0.4, 0.5) is 10.2 Å². The molecule has 1 fully saturated rings. The number of aryl methyl sites for hydroxylation is 1. The van der Waals surface area contributed by atoms with Crippen molar-refractivity contribution in [3.8, 4) is 28.4 Å². The highest BCUT2D eigenvalue weighted by molar-refractivity contribution is 6.00. The lowest BCUT2D eigenvalue weighted by Gasteiger charge is -2.24. The zero-order chi connectivity index (χ0) is 26.8. The summed E-state index contributed by atoms with van der Waals surface area (Å²) in [5.41, 5.74) is 10.8. The molecule has 1 saturated heterocycles. The molecule has 0 amide bonds. The first-order valence-corrected chi connectivity index (χ1v) is 12.9. The fraction of sp³-hybridized carbons (Fsp3) is 0.233. The van der Waals surface area contributed by atoms with Crippen LogP contribution in [0.5, 0.6) is 17.2 Å². The minimum absolute atomic E-state index is 0.277. The molecule has 9 heteroatoms. The van der Waals surface area contributed by atoms with Gasteiger partial charge in [0.2, 0.25) is 0 Å². The highest BCUT2D eigenvalue weighted by atomic mass is 19.1. The SMILES string of the molecule is Cc1ccc(COc2cc(F)cc(Oc3ccc(-c4cn(C5CCOCC5)c5ncnc(N)c45)cc3)c2)cn1. The average molecular weight is 526 g/mol. The van der Waals surface area contributed by atoms with Gasteiger partial charge in [0.25, 0.3) is 0 Å². The first kappa shape index (κ1) is 24.8. The number of pyridine rings is 1. The Balaban J connectivity index is 1.22. The van der Waals surface area contributed by atoms with Crippen LogP contribution in [0.25, 0.3) is 22.2 Å². The molecule has 0 spiro atoms. The van der Waals surface area contributed by atoms with E-state index in [9.17, 15) is 4.39 Å². The highest BCUT2D eigenvalue weighted by Gasteiger charge is 2.22. The van der Waals surface area contributed by atoms with Gasteiger partial charge in [0.05, 0.1) is 5.39 Å². The largest absolute Gasteiger partial charge is 0.489 e. The van der Waals surface area contributed by atoms with E-state index in [1.54, 1.807) is 12.3 Å². The van der Waals surface area contributed by atoms with Gasteiger partial charge in [0, 0.05) is 66.7 Å². The highest BCUT2D eigenvalue weighted by Crippen LogP contribution is 2.37. The summed E-state index contributed by atoms with van der Waals surface area (Å²) in [5.74, 6) is 1.27. The van der Waals surface area contributed by atoms with E-state index >= 15 is 0 Å². The van der Waals surface area contributed by atoms with Gasteiger partial charge in [0.15, 0.2) is 0 Å². The second-order valence-corrected chi connectivity index (χ2v) is 9.60. The van der Waals surface area contributed by atoms with Gasteiger partial charge < -0.3 is 24.5 Å². The van der Waals surface area contributed by atoms with E-state index in [4.69, 9.17) is 19.9 Å². The first-order chi connectivity index (χ1) is 19.0. The Morgan fingerprint density at radius 3 is 2.54 bits per heavy atom. The summed E-state index contributed by atoms with van der Waals surface area (Å²) in [5, 5.41) is 0.827. The van der Waals surface area contributed by atoms with Crippen LogP contribution in [0.3, 0.4) is 0 Å². The number of hydrogen-bond donors (Lipinski definition) is 1. The molecule has 0 bridgehead atoms. The molecule has 8 nitrogen and oxygen atoms in total. The lowest BCUT2D eigenvalue weighted by molar-refractivity contribution is 0.0706. The van der Waals surface area contributed by atoms with Crippen LogP contribution >= 0.6 is 0 Å². The van der Waals surface area contributed by atoms with E-state index in [1.807, 2.05) is 43.3 Å². The van der Waals surface area contributed by atoms with Crippen molar-refractivity contribution in [3.05, 3.63) is 90.4 Å². The molecule has 1 aliphatic heterocycles. The molecule has 4 heterocycles. The lowest BCUT2D eigenvalue weighted by Crippen LogP contribution is -2.19. The number of hydrogen-bond acceptors (Lipinski definition) is 7. The van der Waals surface area contributed by atoms with Crippen LogP contribution in [0, 0.1) is 12.7 Å². The zero-order valence-corrected chi connectivity index (χ0v) is 21.5. The second kappa shape index (κ2) is 10.7. The summed E-state index contributed by atoms with van der Waals surface area (Å²) in [4.78, 5) is 13.0. The second-order valence-electron chi connectivity index (χ2n) is 9.60. The number of nitrogens with two attached hydrogens (primary N) is 1. The topological polar surface area (TPSA) is 97.3 Å². The number of aromatic nitrogens is 4. The summed E-state index contributed by atoms with van der Waals surface area (Å²) >= 11 is 0. The number of halogens is 1. The predicted octanol–water partition coefficient (Wildman–Crippen LogP) is 6.25. The zero-order valence-electron chi connectivity index (χ0n) is 21.5. The van der Waals surface area contributed by atoms with Gasteiger partial charge in [-0.05, 0) is 43.5 Å². The summed E-state index contributed by atoms with van der Waals surface area (Å²) < 4.78 is 33.8.